The largest absolute Gasteiger partial charge is 0.481 e. The second-order valence-corrected chi connectivity index (χ2v) is 4.84. The van der Waals surface area contributed by atoms with E-state index in [4.69, 9.17) is 5.11 Å². The molecule has 3 unspecified atom stereocenters. The van der Waals surface area contributed by atoms with Gasteiger partial charge in [0.2, 0.25) is 0 Å². The first-order valence-corrected chi connectivity index (χ1v) is 6.13. The average Bonchev–Trinajstić information content (AvgIpc) is 2.79. The lowest BCUT2D eigenvalue weighted by Gasteiger charge is -2.15. The number of rotatable bonds is 6. The Hall–Kier alpha value is -1.46. The van der Waals surface area contributed by atoms with E-state index in [1.165, 1.54) is 0 Å². The van der Waals surface area contributed by atoms with Gasteiger partial charge in [-0.2, -0.15) is 0 Å². The van der Waals surface area contributed by atoms with Crippen LogP contribution >= 0.6 is 0 Å². The van der Waals surface area contributed by atoms with Gasteiger partial charge in [0, 0.05) is 5.92 Å². The number of aromatic nitrogens is 4. The summed E-state index contributed by atoms with van der Waals surface area (Å²) in [4.78, 5) is 10.9. The predicted molar refractivity (Wildman–Crippen MR) is 60.5 cm³/mol. The Labute approximate surface area is 100 Å². The molecule has 1 heterocycles. The third-order valence-electron chi connectivity index (χ3n) is 3.34. The molecular formula is C11H18N4O2. The van der Waals surface area contributed by atoms with Crippen LogP contribution in [0.2, 0.25) is 0 Å². The maximum absolute atomic E-state index is 10.9. The van der Waals surface area contributed by atoms with Crippen LogP contribution in [0.15, 0.2) is 0 Å². The number of carboxylic acids is 1. The van der Waals surface area contributed by atoms with Gasteiger partial charge in [-0.3, -0.25) is 4.79 Å². The predicted octanol–water partition coefficient (Wildman–Crippen LogP) is 1.61. The highest BCUT2D eigenvalue weighted by Crippen LogP contribution is 2.46. The lowest BCUT2D eigenvalue weighted by molar-refractivity contribution is -0.138. The molecule has 1 N–H and O–H groups in total. The molecule has 0 saturated heterocycles. The van der Waals surface area contributed by atoms with E-state index in [0.29, 0.717) is 11.8 Å². The van der Waals surface area contributed by atoms with Crippen molar-refractivity contribution in [1.82, 2.24) is 20.2 Å². The van der Waals surface area contributed by atoms with Crippen molar-refractivity contribution in [3.05, 3.63) is 5.82 Å². The maximum atomic E-state index is 10.9. The smallest absolute Gasteiger partial charge is 0.305 e. The number of nitrogens with zero attached hydrogens (tertiary/aromatic N) is 4. The highest BCUT2D eigenvalue weighted by molar-refractivity contribution is 5.67. The summed E-state index contributed by atoms with van der Waals surface area (Å²) in [5.41, 5.74) is 0. The minimum Gasteiger partial charge on any atom is -0.481 e. The van der Waals surface area contributed by atoms with E-state index in [1.807, 2.05) is 6.92 Å². The van der Waals surface area contributed by atoms with Gasteiger partial charge >= 0.3 is 5.97 Å². The normalized spacial score (nSPS) is 24.6. The molecule has 0 aromatic carbocycles. The van der Waals surface area contributed by atoms with Gasteiger partial charge in [0.05, 0.1) is 12.5 Å². The van der Waals surface area contributed by atoms with E-state index < -0.39 is 5.97 Å². The molecule has 1 aromatic rings. The Kier molecular flexibility index (Phi) is 3.40. The minimum absolute atomic E-state index is 0.0903. The second kappa shape index (κ2) is 4.81. The quantitative estimate of drug-likeness (QED) is 0.814. The van der Waals surface area contributed by atoms with Crippen LogP contribution < -0.4 is 0 Å². The van der Waals surface area contributed by atoms with Crippen LogP contribution in [0.4, 0.5) is 0 Å². The molecule has 1 aliphatic carbocycles. The summed E-state index contributed by atoms with van der Waals surface area (Å²) < 4.78 is 1.73. The van der Waals surface area contributed by atoms with E-state index in [9.17, 15) is 4.79 Å². The van der Waals surface area contributed by atoms with Gasteiger partial charge in [-0.15, -0.1) is 5.10 Å². The second-order valence-electron chi connectivity index (χ2n) is 4.84. The summed E-state index contributed by atoms with van der Waals surface area (Å²) >= 11 is 0. The fourth-order valence-electron chi connectivity index (χ4n) is 2.23. The van der Waals surface area contributed by atoms with Crippen molar-refractivity contribution in [2.24, 2.45) is 5.92 Å². The molecule has 17 heavy (non-hydrogen) atoms. The van der Waals surface area contributed by atoms with E-state index >= 15 is 0 Å². The monoisotopic (exact) mass is 238 g/mol. The van der Waals surface area contributed by atoms with Gasteiger partial charge < -0.3 is 5.11 Å². The molecule has 6 nitrogen and oxygen atoms in total. The van der Waals surface area contributed by atoms with E-state index in [2.05, 4.69) is 22.4 Å². The zero-order valence-electron chi connectivity index (χ0n) is 10.2. The van der Waals surface area contributed by atoms with Crippen molar-refractivity contribution in [3.8, 4) is 0 Å². The third kappa shape index (κ3) is 2.62. The summed E-state index contributed by atoms with van der Waals surface area (Å²) in [5, 5.41) is 20.6. The lowest BCUT2D eigenvalue weighted by atomic mass is 10.1. The van der Waals surface area contributed by atoms with Gasteiger partial charge in [0.25, 0.3) is 0 Å². The first-order valence-electron chi connectivity index (χ1n) is 6.13. The summed E-state index contributed by atoms with van der Waals surface area (Å²) in [5.74, 6) is 1.09. The van der Waals surface area contributed by atoms with Crippen molar-refractivity contribution in [1.29, 1.82) is 0 Å². The maximum Gasteiger partial charge on any atom is 0.305 e. The molecule has 1 saturated carbocycles. The number of carboxylic acid groups (broad SMARTS) is 1. The zero-order chi connectivity index (χ0) is 12.4. The van der Waals surface area contributed by atoms with E-state index in [0.717, 1.165) is 25.1 Å². The lowest BCUT2D eigenvalue weighted by Crippen LogP contribution is -2.17. The molecule has 0 radical (unpaired) electrons. The van der Waals surface area contributed by atoms with Gasteiger partial charge in [-0.05, 0) is 29.2 Å². The fourth-order valence-corrected chi connectivity index (χ4v) is 2.23. The van der Waals surface area contributed by atoms with Crippen LogP contribution in [0.3, 0.4) is 0 Å². The van der Waals surface area contributed by atoms with Crippen LogP contribution in [-0.4, -0.2) is 31.3 Å². The van der Waals surface area contributed by atoms with Crippen LogP contribution in [0.1, 0.15) is 57.3 Å². The number of hydrogen-bond donors (Lipinski definition) is 1. The molecule has 6 heteroatoms. The number of aliphatic carboxylic acids is 1. The average molecular weight is 238 g/mol. The van der Waals surface area contributed by atoms with Crippen molar-refractivity contribution < 1.29 is 9.90 Å². The Morgan fingerprint density at radius 1 is 1.65 bits per heavy atom. The Morgan fingerprint density at radius 3 is 2.88 bits per heavy atom. The van der Waals surface area contributed by atoms with Crippen LogP contribution in [0, 0.1) is 5.92 Å². The first-order chi connectivity index (χ1) is 8.13. The Bertz CT molecular complexity index is 404. The number of tetrazole rings is 1. The molecule has 94 valence electrons. The molecule has 3 atom stereocenters. The van der Waals surface area contributed by atoms with Crippen molar-refractivity contribution in [3.63, 3.8) is 0 Å². The Morgan fingerprint density at radius 2 is 2.35 bits per heavy atom. The number of carbonyl (C=O) groups is 1. The summed E-state index contributed by atoms with van der Waals surface area (Å²) in [7, 11) is 0. The van der Waals surface area contributed by atoms with Gasteiger partial charge in [0.1, 0.15) is 0 Å². The summed E-state index contributed by atoms with van der Waals surface area (Å²) in [6, 6.07) is -0.115. The van der Waals surface area contributed by atoms with Crippen LogP contribution in [0.5, 0.6) is 0 Å². The molecule has 0 aliphatic heterocycles. The fraction of sp³-hybridized carbons (Fsp3) is 0.818. The van der Waals surface area contributed by atoms with Crippen molar-refractivity contribution >= 4 is 5.97 Å². The van der Waals surface area contributed by atoms with E-state index in [-0.39, 0.29) is 12.5 Å². The van der Waals surface area contributed by atoms with Crippen LogP contribution in [-0.2, 0) is 4.79 Å². The Balaban J connectivity index is 2.17. The standard InChI is InChI=1S/C11H18N4O2/c1-3-4-8(6-10(16)17)15-11(12-13-14-15)9-5-7(9)2/h7-9H,3-6H2,1-2H3,(H,16,17). The van der Waals surface area contributed by atoms with Gasteiger partial charge in [-0.25, -0.2) is 4.68 Å². The SMILES string of the molecule is CCCC(CC(=O)O)n1nnnc1C1CC1C. The molecular weight excluding hydrogens is 220 g/mol. The highest BCUT2D eigenvalue weighted by atomic mass is 16.4. The molecule has 1 fully saturated rings. The molecule has 0 amide bonds. The number of hydrogen-bond acceptors (Lipinski definition) is 4. The van der Waals surface area contributed by atoms with Crippen molar-refractivity contribution in [2.75, 3.05) is 0 Å². The summed E-state index contributed by atoms with van der Waals surface area (Å²) in [6.45, 7) is 4.20. The third-order valence-corrected chi connectivity index (χ3v) is 3.34. The minimum atomic E-state index is -0.797. The molecule has 0 spiro atoms. The van der Waals surface area contributed by atoms with E-state index in [1.54, 1.807) is 4.68 Å². The molecule has 0 bridgehead atoms. The van der Waals surface area contributed by atoms with Crippen molar-refractivity contribution in [2.45, 2.75) is 51.5 Å². The molecule has 1 aliphatic rings. The summed E-state index contributed by atoms with van der Waals surface area (Å²) in [6.07, 6.45) is 2.92. The molecule has 2 rings (SSSR count). The van der Waals surface area contributed by atoms with Gasteiger partial charge in [-0.1, -0.05) is 20.3 Å². The van der Waals surface area contributed by atoms with Crippen LogP contribution in [0.25, 0.3) is 0 Å². The zero-order valence-corrected chi connectivity index (χ0v) is 10.2. The first kappa shape index (κ1) is 12.0. The van der Waals surface area contributed by atoms with Gasteiger partial charge in [0.15, 0.2) is 5.82 Å². The topological polar surface area (TPSA) is 80.9 Å². The molecule has 1 aromatic heterocycles. The highest BCUT2D eigenvalue weighted by Gasteiger charge is 2.39.